The van der Waals surface area contributed by atoms with Gasteiger partial charge < -0.3 is 5.32 Å². The molecule has 4 aromatic rings. The highest BCUT2D eigenvalue weighted by Gasteiger charge is 2.08. The molecule has 5 nitrogen and oxygen atoms in total. The molecule has 2 heterocycles. The van der Waals surface area contributed by atoms with E-state index in [1.165, 1.54) is 5.56 Å². The molecule has 0 fully saturated rings. The Morgan fingerprint density at radius 2 is 1.83 bits per heavy atom. The molecule has 4 rings (SSSR count). The third kappa shape index (κ3) is 4.96. The van der Waals surface area contributed by atoms with Crippen LogP contribution >= 0.6 is 22.7 Å². The number of nitrogens with one attached hydrogen (secondary N) is 2. The molecule has 0 aliphatic carbocycles. The molecule has 2 aromatic carbocycles. The molecule has 0 radical (unpaired) electrons. The lowest BCUT2D eigenvalue weighted by atomic mass is 10.1. The highest BCUT2D eigenvalue weighted by molar-refractivity contribution is 7.14. The van der Waals surface area contributed by atoms with E-state index in [0.717, 1.165) is 27.0 Å². The molecular formula is C22H18N4OS2. The van der Waals surface area contributed by atoms with E-state index >= 15 is 0 Å². The van der Waals surface area contributed by atoms with Gasteiger partial charge in [0.2, 0.25) is 0 Å². The van der Waals surface area contributed by atoms with E-state index in [-0.39, 0.29) is 5.91 Å². The van der Waals surface area contributed by atoms with Gasteiger partial charge in [0.25, 0.3) is 5.91 Å². The molecular weight excluding hydrogens is 400 g/mol. The number of nitrogens with zero attached hydrogens (tertiary/aromatic N) is 2. The number of hydrogen-bond acceptors (Lipinski definition) is 6. The van der Waals surface area contributed by atoms with Crippen LogP contribution in [0, 0.1) is 6.92 Å². The highest BCUT2D eigenvalue weighted by Crippen LogP contribution is 2.27. The van der Waals surface area contributed by atoms with Gasteiger partial charge in [-0.3, -0.25) is 4.79 Å². The first-order valence-corrected chi connectivity index (χ1v) is 10.7. The van der Waals surface area contributed by atoms with Crippen molar-refractivity contribution < 1.29 is 4.79 Å². The molecule has 0 aliphatic rings. The van der Waals surface area contributed by atoms with Crippen molar-refractivity contribution in [2.45, 2.75) is 6.92 Å². The van der Waals surface area contributed by atoms with E-state index in [1.807, 2.05) is 47.2 Å². The van der Waals surface area contributed by atoms with Crippen LogP contribution in [-0.4, -0.2) is 17.1 Å². The van der Waals surface area contributed by atoms with Gasteiger partial charge in [0.1, 0.15) is 0 Å². The lowest BCUT2D eigenvalue weighted by Crippen LogP contribution is -2.17. The zero-order chi connectivity index (χ0) is 20.1. The van der Waals surface area contributed by atoms with Crippen LogP contribution in [0.2, 0.25) is 0 Å². The second-order valence-electron chi connectivity index (χ2n) is 6.32. The fourth-order valence-corrected chi connectivity index (χ4v) is 3.93. The Labute approximate surface area is 176 Å². The SMILES string of the molecule is Cc1ccc(Nc2nc(-c3ccc(C(=O)N/N=C\c4cccs4)cc3)cs2)cc1. The first-order chi connectivity index (χ1) is 14.2. The zero-order valence-corrected chi connectivity index (χ0v) is 17.3. The summed E-state index contributed by atoms with van der Waals surface area (Å²) >= 11 is 3.11. The molecule has 0 aliphatic heterocycles. The summed E-state index contributed by atoms with van der Waals surface area (Å²) in [7, 11) is 0. The molecule has 0 bridgehead atoms. The van der Waals surface area contributed by atoms with Gasteiger partial charge >= 0.3 is 0 Å². The van der Waals surface area contributed by atoms with E-state index in [4.69, 9.17) is 0 Å². The lowest BCUT2D eigenvalue weighted by Gasteiger charge is -2.03. The molecule has 1 amide bonds. The normalized spacial score (nSPS) is 10.9. The van der Waals surface area contributed by atoms with Gasteiger partial charge in [-0.15, -0.1) is 22.7 Å². The van der Waals surface area contributed by atoms with Crippen LogP contribution in [0.15, 0.2) is 76.5 Å². The molecule has 0 spiro atoms. The van der Waals surface area contributed by atoms with Crippen molar-refractivity contribution in [1.29, 1.82) is 0 Å². The van der Waals surface area contributed by atoms with Crippen molar-refractivity contribution >= 4 is 45.6 Å². The highest BCUT2D eigenvalue weighted by atomic mass is 32.1. The molecule has 29 heavy (non-hydrogen) atoms. The van der Waals surface area contributed by atoms with Crippen molar-refractivity contribution in [3.05, 3.63) is 87.4 Å². The predicted molar refractivity (Wildman–Crippen MR) is 121 cm³/mol. The number of anilines is 2. The maximum absolute atomic E-state index is 12.2. The third-order valence-electron chi connectivity index (χ3n) is 4.15. The zero-order valence-electron chi connectivity index (χ0n) is 15.6. The van der Waals surface area contributed by atoms with Crippen LogP contribution in [0.4, 0.5) is 10.8 Å². The number of carbonyl (C=O) groups is 1. The first kappa shape index (κ1) is 19.0. The van der Waals surface area contributed by atoms with E-state index in [1.54, 1.807) is 41.0 Å². The summed E-state index contributed by atoms with van der Waals surface area (Å²) in [6.45, 7) is 2.06. The van der Waals surface area contributed by atoms with E-state index in [2.05, 4.69) is 39.9 Å². The Kier molecular flexibility index (Phi) is 5.79. The Hall–Kier alpha value is -3.29. The average molecular weight is 419 g/mol. The van der Waals surface area contributed by atoms with Gasteiger partial charge in [-0.2, -0.15) is 5.10 Å². The standard InChI is InChI=1S/C22H18N4OS2/c1-15-4-10-18(11-5-15)24-22-25-20(14-29-22)16-6-8-17(9-7-16)21(27)26-23-13-19-3-2-12-28-19/h2-14H,1H3,(H,24,25)(H,26,27)/b23-13-. The Bertz CT molecular complexity index is 1110. The van der Waals surface area contributed by atoms with Crippen molar-refractivity contribution in [3.8, 4) is 11.3 Å². The number of thiophene rings is 1. The molecule has 0 saturated carbocycles. The van der Waals surface area contributed by atoms with Gasteiger partial charge in [-0.05, 0) is 42.6 Å². The summed E-state index contributed by atoms with van der Waals surface area (Å²) in [5.74, 6) is -0.246. The Balaban J connectivity index is 1.39. The van der Waals surface area contributed by atoms with Crippen LogP contribution in [-0.2, 0) is 0 Å². The molecule has 144 valence electrons. The third-order valence-corrected chi connectivity index (χ3v) is 5.72. The van der Waals surface area contributed by atoms with Gasteiger partial charge in [-0.25, -0.2) is 10.4 Å². The predicted octanol–water partition coefficient (Wildman–Crippen LogP) is 5.69. The maximum Gasteiger partial charge on any atom is 0.271 e. The summed E-state index contributed by atoms with van der Waals surface area (Å²) in [4.78, 5) is 17.8. The summed E-state index contributed by atoms with van der Waals surface area (Å²) in [6.07, 6.45) is 1.63. The van der Waals surface area contributed by atoms with Gasteiger partial charge in [0, 0.05) is 27.1 Å². The fraction of sp³-hybridized carbons (Fsp3) is 0.0455. The molecule has 0 saturated heterocycles. The van der Waals surface area contributed by atoms with Gasteiger partial charge in [0.05, 0.1) is 11.9 Å². The van der Waals surface area contributed by atoms with Gasteiger partial charge in [0.15, 0.2) is 5.13 Å². The molecule has 2 aromatic heterocycles. The van der Waals surface area contributed by atoms with Crippen LogP contribution in [0.5, 0.6) is 0 Å². The van der Waals surface area contributed by atoms with Crippen molar-refractivity contribution in [2.24, 2.45) is 5.10 Å². The van der Waals surface area contributed by atoms with Gasteiger partial charge in [-0.1, -0.05) is 35.9 Å². The number of hydrazone groups is 1. The monoisotopic (exact) mass is 418 g/mol. The number of hydrogen-bond donors (Lipinski definition) is 2. The average Bonchev–Trinajstić information content (AvgIpc) is 3.42. The van der Waals surface area contributed by atoms with Crippen LogP contribution < -0.4 is 10.7 Å². The number of aryl methyl sites for hydroxylation is 1. The summed E-state index contributed by atoms with van der Waals surface area (Å²) in [5, 5.41) is 12.1. The van der Waals surface area contributed by atoms with E-state index in [9.17, 15) is 4.79 Å². The van der Waals surface area contributed by atoms with E-state index in [0.29, 0.717) is 5.56 Å². The minimum atomic E-state index is -0.246. The van der Waals surface area contributed by atoms with Crippen LogP contribution in [0.3, 0.4) is 0 Å². The molecule has 0 unspecified atom stereocenters. The van der Waals surface area contributed by atoms with Crippen molar-refractivity contribution in [1.82, 2.24) is 10.4 Å². The quantitative estimate of drug-likeness (QED) is 0.312. The summed E-state index contributed by atoms with van der Waals surface area (Å²) < 4.78 is 0. The Morgan fingerprint density at radius 1 is 1.03 bits per heavy atom. The smallest absolute Gasteiger partial charge is 0.271 e. The van der Waals surface area contributed by atoms with Crippen molar-refractivity contribution in [2.75, 3.05) is 5.32 Å². The lowest BCUT2D eigenvalue weighted by molar-refractivity contribution is 0.0955. The molecule has 2 N–H and O–H groups in total. The summed E-state index contributed by atoms with van der Waals surface area (Å²) in [6, 6.07) is 19.4. The number of thiazole rings is 1. The second-order valence-corrected chi connectivity index (χ2v) is 8.16. The molecule has 0 atom stereocenters. The van der Waals surface area contributed by atoms with E-state index < -0.39 is 0 Å². The maximum atomic E-state index is 12.2. The number of amides is 1. The largest absolute Gasteiger partial charge is 0.332 e. The first-order valence-electron chi connectivity index (χ1n) is 8.94. The minimum Gasteiger partial charge on any atom is -0.332 e. The summed E-state index contributed by atoms with van der Waals surface area (Å²) in [5.41, 5.74) is 7.14. The number of benzene rings is 2. The van der Waals surface area contributed by atoms with Crippen molar-refractivity contribution in [3.63, 3.8) is 0 Å². The topological polar surface area (TPSA) is 66.4 Å². The number of carbonyl (C=O) groups excluding carboxylic acids is 1. The Morgan fingerprint density at radius 3 is 2.55 bits per heavy atom. The molecule has 7 heteroatoms. The minimum absolute atomic E-state index is 0.246. The van der Waals surface area contributed by atoms with Crippen LogP contribution in [0.25, 0.3) is 11.3 Å². The number of aromatic nitrogens is 1. The second kappa shape index (κ2) is 8.81. The van der Waals surface area contributed by atoms with Crippen LogP contribution in [0.1, 0.15) is 20.8 Å². The fourth-order valence-electron chi connectivity index (χ4n) is 2.60. The number of rotatable bonds is 6.